The molecule has 0 amide bonds. The van der Waals surface area contributed by atoms with E-state index in [0.717, 1.165) is 11.1 Å². The SMILES string of the molecule is Cc1ccc(-c2ccc3nn(Cc4ncc(C)o4)c(=O)n3c2)cc1. The lowest BCUT2D eigenvalue weighted by molar-refractivity contribution is 0.442. The lowest BCUT2D eigenvalue weighted by Gasteiger charge is -2.02. The highest BCUT2D eigenvalue weighted by Crippen LogP contribution is 2.19. The third-order valence-corrected chi connectivity index (χ3v) is 3.92. The highest BCUT2D eigenvalue weighted by molar-refractivity contribution is 5.64. The first-order chi connectivity index (χ1) is 11.6. The predicted octanol–water partition coefficient (Wildman–Crippen LogP) is 2.82. The number of hydrogen-bond donors (Lipinski definition) is 0. The van der Waals surface area contributed by atoms with E-state index in [-0.39, 0.29) is 12.2 Å². The third kappa shape index (κ3) is 2.52. The average molecular weight is 320 g/mol. The Hall–Kier alpha value is -3.15. The Labute approximate surface area is 138 Å². The molecule has 0 bridgehead atoms. The molecule has 120 valence electrons. The van der Waals surface area contributed by atoms with Gasteiger partial charge in [0.15, 0.2) is 5.65 Å². The minimum absolute atomic E-state index is 0.213. The van der Waals surface area contributed by atoms with Gasteiger partial charge in [-0.2, -0.15) is 0 Å². The van der Waals surface area contributed by atoms with Gasteiger partial charge in [0.05, 0.1) is 6.20 Å². The van der Waals surface area contributed by atoms with E-state index >= 15 is 0 Å². The number of pyridine rings is 1. The number of fused-ring (bicyclic) bond motifs is 1. The summed E-state index contributed by atoms with van der Waals surface area (Å²) in [5.41, 5.74) is 3.61. The van der Waals surface area contributed by atoms with Crippen molar-refractivity contribution >= 4 is 5.65 Å². The van der Waals surface area contributed by atoms with Crippen LogP contribution in [0.1, 0.15) is 17.2 Å². The number of aryl methyl sites for hydroxylation is 2. The summed E-state index contributed by atoms with van der Waals surface area (Å²) in [6.45, 7) is 4.08. The van der Waals surface area contributed by atoms with E-state index in [1.165, 1.54) is 10.2 Å². The molecule has 0 saturated heterocycles. The lowest BCUT2D eigenvalue weighted by Crippen LogP contribution is -2.21. The van der Waals surface area contributed by atoms with Crippen molar-refractivity contribution in [2.45, 2.75) is 20.4 Å². The van der Waals surface area contributed by atoms with Gasteiger partial charge in [-0.15, -0.1) is 5.10 Å². The Balaban J connectivity index is 1.75. The summed E-state index contributed by atoms with van der Waals surface area (Å²) in [7, 11) is 0. The maximum atomic E-state index is 12.6. The Bertz CT molecular complexity index is 1070. The molecule has 4 rings (SSSR count). The monoisotopic (exact) mass is 320 g/mol. The van der Waals surface area contributed by atoms with Gasteiger partial charge in [0.25, 0.3) is 0 Å². The zero-order valence-corrected chi connectivity index (χ0v) is 13.4. The van der Waals surface area contributed by atoms with Crippen molar-refractivity contribution in [1.29, 1.82) is 0 Å². The standard InChI is InChI=1S/C18H16N4O2/c1-12-3-5-14(6-4-12)15-7-8-16-20-22(18(23)21(16)10-15)11-17-19-9-13(2)24-17/h3-10H,11H2,1-2H3. The Morgan fingerprint density at radius 2 is 1.79 bits per heavy atom. The predicted molar refractivity (Wildman–Crippen MR) is 90.0 cm³/mol. The van der Waals surface area contributed by atoms with E-state index < -0.39 is 0 Å². The van der Waals surface area contributed by atoms with Crippen LogP contribution in [0.2, 0.25) is 0 Å². The second-order valence-electron chi connectivity index (χ2n) is 5.82. The molecule has 6 nitrogen and oxygen atoms in total. The van der Waals surface area contributed by atoms with Crippen LogP contribution in [0.15, 0.2) is 58.0 Å². The fourth-order valence-electron chi connectivity index (χ4n) is 2.64. The molecule has 4 aromatic rings. The van der Waals surface area contributed by atoms with Gasteiger partial charge < -0.3 is 4.42 Å². The van der Waals surface area contributed by atoms with Gasteiger partial charge in [-0.25, -0.2) is 18.9 Å². The summed E-state index contributed by atoms with van der Waals surface area (Å²) < 4.78 is 8.33. The van der Waals surface area contributed by atoms with Crippen molar-refractivity contribution in [2.24, 2.45) is 0 Å². The van der Waals surface area contributed by atoms with Gasteiger partial charge in [0.2, 0.25) is 5.89 Å². The molecule has 0 N–H and O–H groups in total. The van der Waals surface area contributed by atoms with Gasteiger partial charge in [-0.1, -0.05) is 29.8 Å². The Morgan fingerprint density at radius 1 is 1.04 bits per heavy atom. The number of nitrogens with zero attached hydrogens (tertiary/aromatic N) is 4. The fraction of sp³-hybridized carbons (Fsp3) is 0.167. The van der Waals surface area contributed by atoms with Crippen LogP contribution < -0.4 is 5.69 Å². The second-order valence-corrected chi connectivity index (χ2v) is 5.82. The summed E-state index contributed by atoms with van der Waals surface area (Å²) in [6, 6.07) is 12.0. The quantitative estimate of drug-likeness (QED) is 0.582. The van der Waals surface area contributed by atoms with Crippen LogP contribution >= 0.6 is 0 Å². The number of aromatic nitrogens is 4. The Kier molecular flexibility index (Phi) is 3.30. The summed E-state index contributed by atoms with van der Waals surface area (Å²) in [6.07, 6.45) is 3.44. The zero-order chi connectivity index (χ0) is 16.7. The molecule has 0 unspecified atom stereocenters. The summed E-state index contributed by atoms with van der Waals surface area (Å²) >= 11 is 0. The van der Waals surface area contributed by atoms with E-state index in [9.17, 15) is 4.79 Å². The van der Waals surface area contributed by atoms with E-state index in [1.807, 2.05) is 44.3 Å². The van der Waals surface area contributed by atoms with Gasteiger partial charge >= 0.3 is 5.69 Å². The van der Waals surface area contributed by atoms with Gasteiger partial charge in [0.1, 0.15) is 12.3 Å². The van der Waals surface area contributed by atoms with Gasteiger partial charge in [0, 0.05) is 6.20 Å². The van der Waals surface area contributed by atoms with Crippen molar-refractivity contribution in [1.82, 2.24) is 19.2 Å². The molecule has 0 saturated carbocycles. The minimum atomic E-state index is -0.213. The first kappa shape index (κ1) is 14.4. The number of rotatable bonds is 3. The average Bonchev–Trinajstić information content (AvgIpc) is 3.12. The fourth-order valence-corrected chi connectivity index (χ4v) is 2.64. The van der Waals surface area contributed by atoms with Crippen LogP contribution in [0.5, 0.6) is 0 Å². The van der Waals surface area contributed by atoms with Crippen molar-refractivity contribution < 1.29 is 4.42 Å². The van der Waals surface area contributed by atoms with Gasteiger partial charge in [-0.3, -0.25) is 0 Å². The molecule has 0 aliphatic rings. The van der Waals surface area contributed by atoms with Crippen LogP contribution in [0.25, 0.3) is 16.8 Å². The molecule has 0 aliphatic heterocycles. The minimum Gasteiger partial charge on any atom is -0.444 e. The van der Waals surface area contributed by atoms with Crippen molar-refractivity contribution in [3.8, 4) is 11.1 Å². The largest absolute Gasteiger partial charge is 0.444 e. The molecule has 0 fully saturated rings. The van der Waals surface area contributed by atoms with Crippen molar-refractivity contribution in [3.63, 3.8) is 0 Å². The molecule has 0 aliphatic carbocycles. The second kappa shape index (κ2) is 5.49. The van der Waals surface area contributed by atoms with E-state index in [0.29, 0.717) is 17.3 Å². The first-order valence-corrected chi connectivity index (χ1v) is 7.68. The highest BCUT2D eigenvalue weighted by Gasteiger charge is 2.11. The summed E-state index contributed by atoms with van der Waals surface area (Å²) in [5.74, 6) is 1.18. The molecular formula is C18H16N4O2. The van der Waals surface area contributed by atoms with Crippen LogP contribution in [0.4, 0.5) is 0 Å². The van der Waals surface area contributed by atoms with E-state index in [1.54, 1.807) is 10.6 Å². The van der Waals surface area contributed by atoms with E-state index in [2.05, 4.69) is 22.2 Å². The summed E-state index contributed by atoms with van der Waals surface area (Å²) in [4.78, 5) is 16.7. The smallest absolute Gasteiger partial charge is 0.350 e. The normalized spacial score (nSPS) is 11.2. The number of oxazole rings is 1. The molecule has 0 atom stereocenters. The molecule has 3 heterocycles. The number of benzene rings is 1. The van der Waals surface area contributed by atoms with Crippen LogP contribution in [-0.2, 0) is 6.54 Å². The molecule has 6 heteroatoms. The molecular weight excluding hydrogens is 304 g/mol. The maximum absolute atomic E-state index is 12.6. The van der Waals surface area contributed by atoms with Crippen molar-refractivity contribution in [2.75, 3.05) is 0 Å². The van der Waals surface area contributed by atoms with Crippen LogP contribution in [0.3, 0.4) is 0 Å². The Morgan fingerprint density at radius 3 is 2.50 bits per heavy atom. The zero-order valence-electron chi connectivity index (χ0n) is 13.4. The molecule has 0 spiro atoms. The number of hydrogen-bond acceptors (Lipinski definition) is 4. The molecule has 0 radical (unpaired) electrons. The molecule has 24 heavy (non-hydrogen) atoms. The van der Waals surface area contributed by atoms with Crippen LogP contribution in [0, 0.1) is 13.8 Å². The lowest BCUT2D eigenvalue weighted by atomic mass is 10.1. The van der Waals surface area contributed by atoms with Crippen molar-refractivity contribution in [3.05, 3.63) is 76.5 Å². The first-order valence-electron chi connectivity index (χ1n) is 7.68. The highest BCUT2D eigenvalue weighted by atomic mass is 16.4. The maximum Gasteiger partial charge on any atom is 0.350 e. The topological polar surface area (TPSA) is 65.3 Å². The summed E-state index contributed by atoms with van der Waals surface area (Å²) in [5, 5.41) is 4.33. The molecule has 1 aromatic carbocycles. The van der Waals surface area contributed by atoms with Crippen LogP contribution in [-0.4, -0.2) is 19.2 Å². The van der Waals surface area contributed by atoms with E-state index in [4.69, 9.17) is 4.42 Å². The molecule has 3 aromatic heterocycles. The third-order valence-electron chi connectivity index (χ3n) is 3.92. The van der Waals surface area contributed by atoms with Gasteiger partial charge in [-0.05, 0) is 37.1 Å².